The molecular formula is C26H18Br2Cl2N2O4S. The number of imide groups is 1. The highest BCUT2D eigenvalue weighted by Crippen LogP contribution is 2.38. The summed E-state index contributed by atoms with van der Waals surface area (Å²) >= 11 is 19.7. The number of thioether (sulfide) groups is 1. The van der Waals surface area contributed by atoms with Crippen molar-refractivity contribution in [3.8, 4) is 5.75 Å². The van der Waals surface area contributed by atoms with Crippen molar-refractivity contribution in [2.24, 2.45) is 0 Å². The van der Waals surface area contributed by atoms with Crippen LogP contribution in [0.2, 0.25) is 10.0 Å². The van der Waals surface area contributed by atoms with Gasteiger partial charge in [-0.1, -0.05) is 41.4 Å². The third kappa shape index (κ3) is 6.97. The molecule has 3 amide bonds. The summed E-state index contributed by atoms with van der Waals surface area (Å²) in [5, 5.41) is 3.30. The molecule has 11 heteroatoms. The summed E-state index contributed by atoms with van der Waals surface area (Å²) in [4.78, 5) is 39.1. The number of nitrogens with zero attached hydrogens (tertiary/aromatic N) is 1. The number of carbonyl (C=O) groups excluding carboxylic acids is 3. The molecule has 3 aromatic carbocycles. The summed E-state index contributed by atoms with van der Waals surface area (Å²) in [6.07, 6.45) is 1.60. The molecule has 3 aromatic rings. The molecule has 1 fully saturated rings. The summed E-state index contributed by atoms with van der Waals surface area (Å²) in [5.74, 6) is -0.446. The van der Waals surface area contributed by atoms with Crippen molar-refractivity contribution in [2.75, 3.05) is 11.9 Å². The molecule has 0 radical (unpaired) electrons. The molecule has 37 heavy (non-hydrogen) atoms. The first kappa shape index (κ1) is 27.7. The van der Waals surface area contributed by atoms with Crippen molar-refractivity contribution >= 4 is 95.6 Å². The third-order valence-electron chi connectivity index (χ3n) is 5.26. The van der Waals surface area contributed by atoms with Crippen LogP contribution in [0.25, 0.3) is 6.08 Å². The van der Waals surface area contributed by atoms with Gasteiger partial charge in [-0.3, -0.25) is 19.3 Å². The number of halogens is 4. The number of carbonyl (C=O) groups is 3. The predicted molar refractivity (Wildman–Crippen MR) is 155 cm³/mol. The summed E-state index contributed by atoms with van der Waals surface area (Å²) in [6.45, 7) is 1.75. The van der Waals surface area contributed by atoms with Gasteiger partial charge in [-0.25, -0.2) is 0 Å². The molecule has 0 unspecified atom stereocenters. The Balaban J connectivity index is 1.44. The number of nitrogens with one attached hydrogen (secondary N) is 1. The van der Waals surface area contributed by atoms with Gasteiger partial charge in [0, 0.05) is 15.7 Å². The van der Waals surface area contributed by atoms with Gasteiger partial charge in [0.05, 0.1) is 13.9 Å². The number of rotatable bonds is 7. The van der Waals surface area contributed by atoms with Gasteiger partial charge in [-0.2, -0.15) is 0 Å². The number of anilines is 1. The Hall–Kier alpha value is -2.30. The Bertz CT molecular complexity index is 1410. The molecule has 6 nitrogen and oxygen atoms in total. The van der Waals surface area contributed by atoms with Gasteiger partial charge in [0.15, 0.2) is 0 Å². The second-order valence-corrected chi connectivity index (χ2v) is 11.6. The fourth-order valence-electron chi connectivity index (χ4n) is 3.39. The van der Waals surface area contributed by atoms with Crippen LogP contribution in [-0.2, 0) is 16.2 Å². The van der Waals surface area contributed by atoms with Gasteiger partial charge in [0.2, 0.25) is 5.91 Å². The molecule has 1 aliphatic heterocycles. The predicted octanol–water partition coefficient (Wildman–Crippen LogP) is 8.08. The molecule has 0 aromatic heterocycles. The average Bonchev–Trinajstić information content (AvgIpc) is 3.09. The van der Waals surface area contributed by atoms with Crippen molar-refractivity contribution in [2.45, 2.75) is 13.5 Å². The number of hydrogen-bond acceptors (Lipinski definition) is 5. The summed E-state index contributed by atoms with van der Waals surface area (Å²) in [5.41, 5.74) is 2.95. The molecule has 0 aliphatic carbocycles. The van der Waals surface area contributed by atoms with Crippen LogP contribution in [0.3, 0.4) is 0 Å². The smallest absolute Gasteiger partial charge is 0.294 e. The van der Waals surface area contributed by atoms with Gasteiger partial charge >= 0.3 is 0 Å². The molecule has 4 rings (SSSR count). The lowest BCUT2D eigenvalue weighted by Gasteiger charge is -2.14. The lowest BCUT2D eigenvalue weighted by Crippen LogP contribution is -2.36. The van der Waals surface area contributed by atoms with E-state index < -0.39 is 23.6 Å². The normalized spacial score (nSPS) is 14.4. The van der Waals surface area contributed by atoms with Crippen LogP contribution in [0.4, 0.5) is 10.5 Å². The van der Waals surface area contributed by atoms with Crippen molar-refractivity contribution in [3.05, 3.63) is 95.2 Å². The number of benzene rings is 3. The Kier molecular flexibility index (Phi) is 9.03. The first-order valence-corrected chi connectivity index (χ1v) is 13.9. The molecule has 1 heterocycles. The van der Waals surface area contributed by atoms with E-state index in [2.05, 4.69) is 37.2 Å². The van der Waals surface area contributed by atoms with Gasteiger partial charge in [-0.15, -0.1) is 0 Å². The minimum absolute atomic E-state index is 0.213. The summed E-state index contributed by atoms with van der Waals surface area (Å²) < 4.78 is 7.27. The van der Waals surface area contributed by atoms with Crippen LogP contribution in [0.1, 0.15) is 16.7 Å². The van der Waals surface area contributed by atoms with E-state index in [-0.39, 0.29) is 4.91 Å². The Labute approximate surface area is 244 Å². The lowest BCUT2D eigenvalue weighted by atomic mass is 10.2. The molecule has 1 saturated heterocycles. The topological polar surface area (TPSA) is 75.7 Å². The minimum Gasteiger partial charge on any atom is -0.487 e. The average molecular weight is 685 g/mol. The quantitative estimate of drug-likeness (QED) is 0.255. The van der Waals surface area contributed by atoms with Gasteiger partial charge in [0.1, 0.15) is 18.9 Å². The van der Waals surface area contributed by atoms with Crippen LogP contribution in [-0.4, -0.2) is 28.5 Å². The van der Waals surface area contributed by atoms with Crippen LogP contribution >= 0.6 is 66.8 Å². The standard InChI is InChI=1S/C26H18Br2Cl2N2O4S/c1-14-2-5-18(30)11-21(14)31-23(33)12-32-25(34)22(37-26(32)35)10-16-8-19(27)24(20(28)9-16)36-13-15-3-6-17(29)7-4-15/h2-11H,12-13H2,1H3,(H,31,33)/b22-10+. The van der Waals surface area contributed by atoms with Crippen molar-refractivity contribution < 1.29 is 19.1 Å². The zero-order chi connectivity index (χ0) is 26.7. The Morgan fingerprint density at radius 2 is 1.68 bits per heavy atom. The van der Waals surface area contributed by atoms with Crippen LogP contribution < -0.4 is 10.1 Å². The van der Waals surface area contributed by atoms with Crippen LogP contribution in [0.15, 0.2) is 68.4 Å². The molecular weight excluding hydrogens is 667 g/mol. The van der Waals surface area contributed by atoms with Crippen molar-refractivity contribution in [1.82, 2.24) is 4.90 Å². The van der Waals surface area contributed by atoms with Crippen molar-refractivity contribution in [3.63, 3.8) is 0 Å². The van der Waals surface area contributed by atoms with Crippen LogP contribution in [0.5, 0.6) is 5.75 Å². The lowest BCUT2D eigenvalue weighted by molar-refractivity contribution is -0.127. The zero-order valence-corrected chi connectivity index (χ0v) is 24.7. The molecule has 0 saturated carbocycles. The number of aryl methyl sites for hydroxylation is 1. The minimum atomic E-state index is -0.539. The van der Waals surface area contributed by atoms with E-state index in [1.807, 2.05) is 19.1 Å². The number of hydrogen-bond donors (Lipinski definition) is 1. The molecule has 1 aliphatic rings. The molecule has 190 valence electrons. The molecule has 0 atom stereocenters. The van der Waals surface area contributed by atoms with E-state index >= 15 is 0 Å². The van der Waals surface area contributed by atoms with E-state index in [9.17, 15) is 14.4 Å². The van der Waals surface area contributed by atoms with Crippen LogP contribution in [0, 0.1) is 6.92 Å². The fourth-order valence-corrected chi connectivity index (χ4v) is 5.97. The SMILES string of the molecule is Cc1ccc(Cl)cc1NC(=O)CN1C(=O)S/C(=C/c2cc(Br)c(OCc3ccc(Cl)cc3)c(Br)c2)C1=O. The molecule has 0 spiro atoms. The van der Waals surface area contributed by atoms with E-state index in [0.29, 0.717) is 42.6 Å². The fraction of sp³-hybridized carbons (Fsp3) is 0.115. The van der Waals surface area contributed by atoms with Gasteiger partial charge in [-0.05, 0) is 110 Å². The highest BCUT2D eigenvalue weighted by Gasteiger charge is 2.36. The summed E-state index contributed by atoms with van der Waals surface area (Å²) in [6, 6.07) is 16.0. The second-order valence-electron chi connectivity index (χ2n) is 8.00. The van der Waals surface area contributed by atoms with E-state index in [1.54, 1.807) is 48.5 Å². The van der Waals surface area contributed by atoms with Gasteiger partial charge in [0.25, 0.3) is 11.1 Å². The van der Waals surface area contributed by atoms with Crippen molar-refractivity contribution in [1.29, 1.82) is 0 Å². The zero-order valence-electron chi connectivity index (χ0n) is 19.2. The van der Waals surface area contributed by atoms with E-state index in [4.69, 9.17) is 27.9 Å². The number of amides is 3. The Morgan fingerprint density at radius 1 is 1.03 bits per heavy atom. The molecule has 0 bridgehead atoms. The maximum atomic E-state index is 12.9. The van der Waals surface area contributed by atoms with E-state index in [0.717, 1.165) is 27.8 Å². The largest absolute Gasteiger partial charge is 0.487 e. The third-order valence-corrected chi connectivity index (χ3v) is 7.84. The second kappa shape index (κ2) is 12.0. The first-order chi connectivity index (χ1) is 17.6. The molecule has 1 N–H and O–H groups in total. The monoisotopic (exact) mass is 682 g/mol. The highest BCUT2D eigenvalue weighted by molar-refractivity contribution is 9.11. The maximum Gasteiger partial charge on any atom is 0.294 e. The number of ether oxygens (including phenoxy) is 1. The Morgan fingerprint density at radius 3 is 2.35 bits per heavy atom. The highest BCUT2D eigenvalue weighted by atomic mass is 79.9. The maximum absolute atomic E-state index is 12.9. The van der Waals surface area contributed by atoms with Gasteiger partial charge < -0.3 is 10.1 Å². The first-order valence-electron chi connectivity index (χ1n) is 10.8. The van der Waals surface area contributed by atoms with E-state index in [1.165, 1.54) is 0 Å². The summed E-state index contributed by atoms with van der Waals surface area (Å²) in [7, 11) is 0.